The Labute approximate surface area is 115 Å². The minimum Gasteiger partial charge on any atom is -0.481 e. The van der Waals surface area contributed by atoms with Crippen molar-refractivity contribution in [1.29, 1.82) is 0 Å². The van der Waals surface area contributed by atoms with Gasteiger partial charge in [0.2, 0.25) is 0 Å². The second-order valence-corrected chi connectivity index (χ2v) is 5.62. The first-order chi connectivity index (χ1) is 8.84. The topological polar surface area (TPSA) is 64.3 Å². The van der Waals surface area contributed by atoms with Crippen LogP contribution in [0.5, 0.6) is 5.75 Å². The van der Waals surface area contributed by atoms with Crippen LogP contribution in [0.15, 0.2) is 24.3 Å². The zero-order valence-electron chi connectivity index (χ0n) is 12.2. The molecule has 0 saturated heterocycles. The number of hydrogen-bond donors (Lipinski definition) is 2. The van der Waals surface area contributed by atoms with Crippen molar-refractivity contribution < 1.29 is 9.53 Å². The van der Waals surface area contributed by atoms with Crippen molar-refractivity contribution in [3.8, 4) is 5.75 Å². The molecule has 0 fully saturated rings. The summed E-state index contributed by atoms with van der Waals surface area (Å²) >= 11 is 0. The molecule has 19 heavy (non-hydrogen) atoms. The van der Waals surface area contributed by atoms with Crippen LogP contribution in [0.3, 0.4) is 0 Å². The standard InChI is InChI=1S/C15H24N2O2/c1-11(14(18)17-9-8-16)19-13-7-5-6-12(10-13)15(2,3)4/h5-7,10-11H,8-9,16H2,1-4H3,(H,17,18). The number of amides is 1. The van der Waals surface area contributed by atoms with Crippen molar-refractivity contribution in [3.05, 3.63) is 29.8 Å². The summed E-state index contributed by atoms with van der Waals surface area (Å²) < 4.78 is 5.66. The van der Waals surface area contributed by atoms with Crippen LogP contribution in [0.1, 0.15) is 33.3 Å². The van der Waals surface area contributed by atoms with E-state index >= 15 is 0 Å². The molecular formula is C15H24N2O2. The molecule has 1 rings (SSSR count). The van der Waals surface area contributed by atoms with Gasteiger partial charge in [-0.25, -0.2) is 0 Å². The first-order valence-electron chi connectivity index (χ1n) is 6.59. The average Bonchev–Trinajstić information content (AvgIpc) is 2.35. The molecule has 106 valence electrons. The van der Waals surface area contributed by atoms with Gasteiger partial charge in [-0.1, -0.05) is 32.9 Å². The van der Waals surface area contributed by atoms with E-state index in [0.29, 0.717) is 18.8 Å². The van der Waals surface area contributed by atoms with Gasteiger partial charge in [-0.05, 0) is 30.0 Å². The van der Waals surface area contributed by atoms with Crippen molar-refractivity contribution in [2.45, 2.75) is 39.2 Å². The van der Waals surface area contributed by atoms with Crippen molar-refractivity contribution in [2.75, 3.05) is 13.1 Å². The van der Waals surface area contributed by atoms with Crippen LogP contribution < -0.4 is 15.8 Å². The van der Waals surface area contributed by atoms with Gasteiger partial charge in [0.1, 0.15) is 5.75 Å². The summed E-state index contributed by atoms with van der Waals surface area (Å²) in [5.74, 6) is 0.564. The summed E-state index contributed by atoms with van der Waals surface area (Å²) in [6, 6.07) is 7.85. The Morgan fingerprint density at radius 2 is 2.11 bits per heavy atom. The molecule has 0 radical (unpaired) electrons. The molecule has 0 bridgehead atoms. The fourth-order valence-corrected chi connectivity index (χ4v) is 1.63. The molecule has 1 amide bonds. The molecule has 4 heteroatoms. The molecule has 3 N–H and O–H groups in total. The summed E-state index contributed by atoms with van der Waals surface area (Å²) in [5.41, 5.74) is 6.58. The fourth-order valence-electron chi connectivity index (χ4n) is 1.63. The number of carbonyl (C=O) groups is 1. The largest absolute Gasteiger partial charge is 0.481 e. The quantitative estimate of drug-likeness (QED) is 0.852. The molecule has 1 atom stereocenters. The molecule has 0 aliphatic carbocycles. The van der Waals surface area contributed by atoms with E-state index in [4.69, 9.17) is 10.5 Å². The number of hydrogen-bond acceptors (Lipinski definition) is 3. The lowest BCUT2D eigenvalue weighted by Gasteiger charge is -2.21. The normalized spacial score (nSPS) is 12.9. The van der Waals surface area contributed by atoms with Gasteiger partial charge >= 0.3 is 0 Å². The predicted molar refractivity (Wildman–Crippen MR) is 77.3 cm³/mol. The number of ether oxygens (including phenoxy) is 1. The maximum absolute atomic E-state index is 11.7. The first kappa shape index (κ1) is 15.5. The number of rotatable bonds is 5. The van der Waals surface area contributed by atoms with Gasteiger partial charge in [0.15, 0.2) is 6.10 Å². The van der Waals surface area contributed by atoms with Crippen LogP contribution in [0.4, 0.5) is 0 Å². The molecule has 0 saturated carbocycles. The summed E-state index contributed by atoms with van der Waals surface area (Å²) in [6.45, 7) is 9.05. The summed E-state index contributed by atoms with van der Waals surface area (Å²) in [4.78, 5) is 11.7. The lowest BCUT2D eigenvalue weighted by Crippen LogP contribution is -2.38. The van der Waals surface area contributed by atoms with E-state index in [1.54, 1.807) is 6.92 Å². The van der Waals surface area contributed by atoms with E-state index in [-0.39, 0.29) is 11.3 Å². The Bertz CT molecular complexity index is 424. The number of nitrogens with two attached hydrogens (primary N) is 1. The smallest absolute Gasteiger partial charge is 0.260 e. The Kier molecular flexibility index (Phi) is 5.36. The van der Waals surface area contributed by atoms with Crippen molar-refractivity contribution in [1.82, 2.24) is 5.32 Å². The fraction of sp³-hybridized carbons (Fsp3) is 0.533. The monoisotopic (exact) mass is 264 g/mol. The van der Waals surface area contributed by atoms with Crippen LogP contribution in [0.2, 0.25) is 0 Å². The van der Waals surface area contributed by atoms with Gasteiger partial charge in [0, 0.05) is 13.1 Å². The maximum Gasteiger partial charge on any atom is 0.260 e. The highest BCUT2D eigenvalue weighted by Gasteiger charge is 2.17. The number of carbonyl (C=O) groups excluding carboxylic acids is 1. The summed E-state index contributed by atoms with van der Waals surface area (Å²) in [5, 5.41) is 2.71. The molecule has 0 heterocycles. The third kappa shape index (κ3) is 4.91. The minimum atomic E-state index is -0.526. The molecule has 0 aromatic heterocycles. The lowest BCUT2D eigenvalue weighted by molar-refractivity contribution is -0.127. The third-order valence-electron chi connectivity index (χ3n) is 2.83. The Hall–Kier alpha value is -1.55. The SMILES string of the molecule is CC(Oc1cccc(C(C)(C)C)c1)C(=O)NCCN. The molecular weight excluding hydrogens is 240 g/mol. The average molecular weight is 264 g/mol. The van der Waals surface area contributed by atoms with Gasteiger partial charge in [-0.15, -0.1) is 0 Å². The summed E-state index contributed by atoms with van der Waals surface area (Å²) in [7, 11) is 0. The highest BCUT2D eigenvalue weighted by atomic mass is 16.5. The van der Waals surface area contributed by atoms with E-state index < -0.39 is 6.10 Å². The molecule has 4 nitrogen and oxygen atoms in total. The van der Waals surface area contributed by atoms with Crippen LogP contribution in [-0.4, -0.2) is 25.1 Å². The Morgan fingerprint density at radius 3 is 2.68 bits per heavy atom. The van der Waals surface area contributed by atoms with Crippen LogP contribution >= 0.6 is 0 Å². The lowest BCUT2D eigenvalue weighted by atomic mass is 9.87. The van der Waals surface area contributed by atoms with Crippen molar-refractivity contribution >= 4 is 5.91 Å². The van der Waals surface area contributed by atoms with E-state index in [0.717, 1.165) is 0 Å². The molecule has 0 spiro atoms. The van der Waals surface area contributed by atoms with Gasteiger partial charge in [-0.2, -0.15) is 0 Å². The van der Waals surface area contributed by atoms with E-state index in [2.05, 4.69) is 32.2 Å². The second kappa shape index (κ2) is 6.57. The second-order valence-electron chi connectivity index (χ2n) is 5.62. The number of benzene rings is 1. The molecule has 1 aromatic rings. The highest BCUT2D eigenvalue weighted by Crippen LogP contribution is 2.25. The predicted octanol–water partition coefficient (Wildman–Crippen LogP) is 1.83. The van der Waals surface area contributed by atoms with Gasteiger partial charge in [0.05, 0.1) is 0 Å². The molecule has 0 aliphatic rings. The Balaban J connectivity index is 2.69. The zero-order valence-corrected chi connectivity index (χ0v) is 12.2. The van der Waals surface area contributed by atoms with E-state index in [1.165, 1.54) is 5.56 Å². The summed E-state index contributed by atoms with van der Waals surface area (Å²) in [6.07, 6.45) is -0.526. The zero-order chi connectivity index (χ0) is 14.5. The van der Waals surface area contributed by atoms with Gasteiger partial charge < -0.3 is 15.8 Å². The maximum atomic E-state index is 11.7. The number of nitrogens with one attached hydrogen (secondary N) is 1. The van der Waals surface area contributed by atoms with Crippen molar-refractivity contribution in [2.24, 2.45) is 5.73 Å². The van der Waals surface area contributed by atoms with Crippen LogP contribution in [0.25, 0.3) is 0 Å². The molecule has 1 unspecified atom stereocenters. The molecule has 1 aromatic carbocycles. The minimum absolute atomic E-state index is 0.0599. The van der Waals surface area contributed by atoms with Gasteiger partial charge in [0.25, 0.3) is 5.91 Å². The van der Waals surface area contributed by atoms with Gasteiger partial charge in [-0.3, -0.25) is 4.79 Å². The van der Waals surface area contributed by atoms with Crippen LogP contribution in [-0.2, 0) is 10.2 Å². The van der Waals surface area contributed by atoms with E-state index in [1.807, 2.05) is 18.2 Å². The van der Waals surface area contributed by atoms with Crippen LogP contribution in [0, 0.1) is 0 Å². The third-order valence-corrected chi connectivity index (χ3v) is 2.83. The van der Waals surface area contributed by atoms with Crippen molar-refractivity contribution in [3.63, 3.8) is 0 Å². The first-order valence-corrected chi connectivity index (χ1v) is 6.59. The van der Waals surface area contributed by atoms with E-state index in [9.17, 15) is 4.79 Å². The molecule has 0 aliphatic heterocycles. The Morgan fingerprint density at radius 1 is 1.42 bits per heavy atom. The highest BCUT2D eigenvalue weighted by molar-refractivity contribution is 5.80.